The molecule has 26 heavy (non-hydrogen) atoms. The molecular formula is C22H46O2Si2. The lowest BCUT2D eigenvalue weighted by atomic mass is 10.3. The Kier molecular flexibility index (Phi) is 9.73. The van der Waals surface area contributed by atoms with Gasteiger partial charge < -0.3 is 9.59 Å². The molecule has 4 heteroatoms. The highest BCUT2D eigenvalue weighted by Gasteiger charge is 2.51. The Balaban J connectivity index is 5.68. The lowest BCUT2D eigenvalue weighted by Gasteiger charge is -2.43. The van der Waals surface area contributed by atoms with Crippen molar-refractivity contribution in [2.45, 2.75) is 129 Å². The maximum atomic E-state index is 13.5. The van der Waals surface area contributed by atoms with E-state index in [1.165, 1.54) is 0 Å². The molecule has 0 heterocycles. The normalized spacial score (nSPS) is 13.8. The van der Waals surface area contributed by atoms with Crippen LogP contribution in [0.25, 0.3) is 0 Å². The third kappa shape index (κ3) is 4.43. The highest BCUT2D eigenvalue weighted by atomic mass is 28.3. The predicted octanol–water partition coefficient (Wildman–Crippen LogP) is 7.34. The molecule has 0 aromatic heterocycles. The Bertz CT molecular complexity index is 389. The molecular weight excluding hydrogens is 352 g/mol. The van der Waals surface area contributed by atoms with E-state index in [1.807, 2.05) is 0 Å². The first-order valence-corrected chi connectivity index (χ1v) is 15.2. The smallest absolute Gasteiger partial charge is 0.140 e. The summed E-state index contributed by atoms with van der Waals surface area (Å²) in [4.78, 5) is 26.9. The van der Waals surface area contributed by atoms with E-state index in [0.29, 0.717) is 56.9 Å². The maximum Gasteiger partial charge on any atom is 0.140 e. The van der Waals surface area contributed by atoms with Crippen molar-refractivity contribution in [1.29, 1.82) is 0 Å². The van der Waals surface area contributed by atoms with Gasteiger partial charge in [-0.3, -0.25) is 0 Å². The molecule has 0 saturated carbocycles. The van der Waals surface area contributed by atoms with Crippen molar-refractivity contribution in [2.75, 3.05) is 0 Å². The third-order valence-electron chi connectivity index (χ3n) is 7.28. The quantitative estimate of drug-likeness (QED) is 0.341. The molecule has 0 unspecified atom stereocenters. The molecule has 0 spiro atoms. The van der Waals surface area contributed by atoms with E-state index in [1.54, 1.807) is 0 Å². The standard InChI is InChI=1S/C22H46O2Si2/c1-15(2)25(16(3)4,17(5)6)21(23)13-14-22(24)26(18(7)8,19(9)10)20(11)12/h15-20H,13-14H2,1-12H3. The largest absolute Gasteiger partial charge is 0.305 e. The van der Waals surface area contributed by atoms with Crippen LogP contribution in [0.1, 0.15) is 95.9 Å². The first-order valence-electron chi connectivity index (χ1n) is 10.8. The average Bonchev–Trinajstić information content (AvgIpc) is 2.43. The summed E-state index contributed by atoms with van der Waals surface area (Å²) in [7, 11) is -4.23. The van der Waals surface area contributed by atoms with E-state index in [-0.39, 0.29) is 0 Å². The number of hydrogen-bond acceptors (Lipinski definition) is 2. The maximum absolute atomic E-state index is 13.5. The molecule has 0 N–H and O–H groups in total. The van der Waals surface area contributed by atoms with Gasteiger partial charge in [0.05, 0.1) is 0 Å². The molecule has 0 rings (SSSR count). The zero-order valence-corrected chi connectivity index (χ0v) is 21.7. The number of carbonyl (C=O) groups excluding carboxylic acids is 2. The molecule has 2 nitrogen and oxygen atoms in total. The van der Waals surface area contributed by atoms with E-state index in [2.05, 4.69) is 83.1 Å². The van der Waals surface area contributed by atoms with Crippen molar-refractivity contribution in [3.63, 3.8) is 0 Å². The van der Waals surface area contributed by atoms with Crippen molar-refractivity contribution in [3.05, 3.63) is 0 Å². The van der Waals surface area contributed by atoms with Gasteiger partial charge in [-0.25, -0.2) is 0 Å². The summed E-state index contributed by atoms with van der Waals surface area (Å²) in [5.41, 5.74) is 2.54. The molecule has 0 aliphatic rings. The van der Waals surface area contributed by atoms with Crippen LogP contribution in [-0.2, 0) is 9.59 Å². The predicted molar refractivity (Wildman–Crippen MR) is 121 cm³/mol. The topological polar surface area (TPSA) is 34.1 Å². The fourth-order valence-electron chi connectivity index (χ4n) is 6.59. The molecule has 0 aliphatic heterocycles. The fourth-order valence-corrected chi connectivity index (χ4v) is 19.6. The summed E-state index contributed by atoms with van der Waals surface area (Å²) in [6, 6.07) is 0. The van der Waals surface area contributed by atoms with E-state index < -0.39 is 16.1 Å². The second-order valence-electron chi connectivity index (χ2n) is 10.1. The first kappa shape index (κ1) is 25.8. The molecule has 0 saturated heterocycles. The Labute approximate surface area is 165 Å². The Hall–Kier alpha value is -0.226. The summed E-state index contributed by atoms with van der Waals surface area (Å²) in [6.07, 6.45) is 0.945. The zero-order valence-electron chi connectivity index (χ0n) is 19.7. The van der Waals surface area contributed by atoms with Crippen LogP contribution in [0.2, 0.25) is 33.2 Å². The lowest BCUT2D eigenvalue weighted by molar-refractivity contribution is -0.117. The van der Waals surface area contributed by atoms with Crippen molar-refractivity contribution in [2.24, 2.45) is 0 Å². The minimum atomic E-state index is -2.11. The van der Waals surface area contributed by atoms with Gasteiger partial charge in [-0.05, 0) is 33.2 Å². The Morgan fingerprint density at radius 3 is 0.731 bits per heavy atom. The van der Waals surface area contributed by atoms with E-state index in [9.17, 15) is 9.59 Å². The van der Waals surface area contributed by atoms with Crippen LogP contribution in [0.5, 0.6) is 0 Å². The number of carbonyl (C=O) groups is 2. The van der Waals surface area contributed by atoms with Crippen LogP contribution in [0.3, 0.4) is 0 Å². The van der Waals surface area contributed by atoms with Crippen LogP contribution in [0, 0.1) is 0 Å². The highest BCUT2D eigenvalue weighted by molar-refractivity contribution is 7.10. The monoisotopic (exact) mass is 398 g/mol. The number of hydrogen-bond donors (Lipinski definition) is 0. The third-order valence-corrected chi connectivity index (χ3v) is 21.2. The van der Waals surface area contributed by atoms with Gasteiger partial charge in [0.2, 0.25) is 0 Å². The molecule has 0 aromatic rings. The molecule has 0 atom stereocenters. The van der Waals surface area contributed by atoms with Crippen LogP contribution < -0.4 is 0 Å². The SMILES string of the molecule is CC(C)[Si](C(=O)CCC(=O)[Si](C(C)C)(C(C)C)C(C)C)(C(C)C)C(C)C. The molecule has 0 aliphatic carbocycles. The molecule has 0 bridgehead atoms. The van der Waals surface area contributed by atoms with Gasteiger partial charge >= 0.3 is 0 Å². The average molecular weight is 399 g/mol. The summed E-state index contributed by atoms with van der Waals surface area (Å²) < 4.78 is 0. The van der Waals surface area contributed by atoms with E-state index in [0.717, 1.165) is 0 Å². The molecule has 0 amide bonds. The summed E-state index contributed by atoms with van der Waals surface area (Å²) in [5, 5.41) is 0.870. The summed E-state index contributed by atoms with van der Waals surface area (Å²) in [5.74, 6) is 0. The summed E-state index contributed by atoms with van der Waals surface area (Å²) >= 11 is 0. The van der Waals surface area contributed by atoms with Crippen LogP contribution >= 0.6 is 0 Å². The van der Waals surface area contributed by atoms with Gasteiger partial charge in [-0.2, -0.15) is 0 Å². The minimum Gasteiger partial charge on any atom is -0.305 e. The molecule has 0 fully saturated rings. The first-order chi connectivity index (χ1) is 11.7. The van der Waals surface area contributed by atoms with Crippen LogP contribution in [0.4, 0.5) is 0 Å². The Morgan fingerprint density at radius 1 is 0.462 bits per heavy atom. The minimum absolute atomic E-state index is 0.424. The second kappa shape index (κ2) is 9.81. The molecule has 0 radical (unpaired) electrons. The van der Waals surface area contributed by atoms with Gasteiger partial charge in [0.25, 0.3) is 0 Å². The lowest BCUT2D eigenvalue weighted by Crippen LogP contribution is -2.55. The molecule has 0 aromatic carbocycles. The van der Waals surface area contributed by atoms with Crippen molar-refractivity contribution >= 4 is 27.0 Å². The number of rotatable bonds is 11. The van der Waals surface area contributed by atoms with Crippen molar-refractivity contribution in [3.8, 4) is 0 Å². The Morgan fingerprint density at radius 2 is 0.615 bits per heavy atom. The van der Waals surface area contributed by atoms with E-state index in [4.69, 9.17) is 0 Å². The fraction of sp³-hybridized carbons (Fsp3) is 0.909. The zero-order chi connectivity index (χ0) is 21.0. The molecule has 154 valence electrons. The second-order valence-corrected chi connectivity index (χ2v) is 21.9. The van der Waals surface area contributed by atoms with Gasteiger partial charge in [0.1, 0.15) is 27.0 Å². The highest BCUT2D eigenvalue weighted by Crippen LogP contribution is 2.45. The van der Waals surface area contributed by atoms with Crippen molar-refractivity contribution in [1.82, 2.24) is 0 Å². The van der Waals surface area contributed by atoms with Crippen LogP contribution in [-0.4, -0.2) is 27.0 Å². The van der Waals surface area contributed by atoms with Gasteiger partial charge in [-0.15, -0.1) is 0 Å². The van der Waals surface area contributed by atoms with Gasteiger partial charge in [0.15, 0.2) is 0 Å². The van der Waals surface area contributed by atoms with E-state index >= 15 is 0 Å². The van der Waals surface area contributed by atoms with Gasteiger partial charge in [-0.1, -0.05) is 83.1 Å². The summed E-state index contributed by atoms with van der Waals surface area (Å²) in [6.45, 7) is 26.7. The van der Waals surface area contributed by atoms with Crippen LogP contribution in [0.15, 0.2) is 0 Å². The van der Waals surface area contributed by atoms with Crippen molar-refractivity contribution < 1.29 is 9.59 Å². The van der Waals surface area contributed by atoms with Gasteiger partial charge in [0, 0.05) is 12.8 Å².